The summed E-state index contributed by atoms with van der Waals surface area (Å²) in [6.07, 6.45) is 29.8. The molecule has 26 heavy (non-hydrogen) atoms. The third-order valence-corrected chi connectivity index (χ3v) is 5.04. The van der Waals surface area contributed by atoms with Crippen molar-refractivity contribution in [3.63, 3.8) is 0 Å². The van der Waals surface area contributed by atoms with Crippen LogP contribution in [0.4, 0.5) is 0 Å². The highest BCUT2D eigenvalue weighted by molar-refractivity contribution is 4.81. The minimum Gasteiger partial charge on any atom is -0.302 e. The Morgan fingerprint density at radius 3 is 1.42 bits per heavy atom. The van der Waals surface area contributed by atoms with E-state index in [9.17, 15) is 0 Å². The normalized spacial score (nSPS) is 11.6. The lowest BCUT2D eigenvalue weighted by Gasteiger charge is -2.04. The molecular formula is C24H49NO. The number of nitrogens with one attached hydrogen (secondary N) is 1. The Morgan fingerprint density at radius 2 is 0.962 bits per heavy atom. The molecule has 2 heteroatoms. The molecule has 0 saturated heterocycles. The van der Waals surface area contributed by atoms with Crippen molar-refractivity contribution in [3.8, 4) is 0 Å². The van der Waals surface area contributed by atoms with Crippen molar-refractivity contribution < 1.29 is 4.84 Å². The summed E-state index contributed by atoms with van der Waals surface area (Å²) in [5.74, 6) is 0. The SMILES string of the molecule is CCCCCCCC/C=C\CCCCCCCCCCCCNOCC. The first-order valence-electron chi connectivity index (χ1n) is 11.9. The summed E-state index contributed by atoms with van der Waals surface area (Å²) in [4.78, 5) is 5.12. The second kappa shape index (κ2) is 24.7. The highest BCUT2D eigenvalue weighted by Crippen LogP contribution is 2.12. The van der Waals surface area contributed by atoms with Crippen LogP contribution in [0.3, 0.4) is 0 Å². The van der Waals surface area contributed by atoms with Crippen molar-refractivity contribution in [2.75, 3.05) is 13.2 Å². The van der Waals surface area contributed by atoms with E-state index in [1.54, 1.807) is 0 Å². The maximum absolute atomic E-state index is 5.12. The molecule has 0 aliphatic carbocycles. The van der Waals surface area contributed by atoms with E-state index in [-0.39, 0.29) is 0 Å². The smallest absolute Gasteiger partial charge is 0.0653 e. The number of unbranched alkanes of at least 4 members (excludes halogenated alkanes) is 16. The highest BCUT2D eigenvalue weighted by atomic mass is 16.6. The predicted octanol–water partition coefficient (Wildman–Crippen LogP) is 8.13. The van der Waals surface area contributed by atoms with Gasteiger partial charge in [0.1, 0.15) is 0 Å². The van der Waals surface area contributed by atoms with E-state index in [0.717, 1.165) is 13.2 Å². The van der Waals surface area contributed by atoms with Crippen LogP contribution in [0.15, 0.2) is 12.2 Å². The molecule has 0 saturated carbocycles. The minimum atomic E-state index is 0.759. The van der Waals surface area contributed by atoms with Gasteiger partial charge in [-0.1, -0.05) is 103 Å². The molecule has 1 N–H and O–H groups in total. The van der Waals surface area contributed by atoms with Crippen molar-refractivity contribution in [3.05, 3.63) is 12.2 Å². The molecule has 156 valence electrons. The molecule has 0 aromatic heterocycles. The van der Waals surface area contributed by atoms with E-state index in [0.29, 0.717) is 0 Å². The molecule has 0 aliphatic rings. The van der Waals surface area contributed by atoms with E-state index >= 15 is 0 Å². The maximum Gasteiger partial charge on any atom is 0.0653 e. The minimum absolute atomic E-state index is 0.759. The predicted molar refractivity (Wildman–Crippen MR) is 118 cm³/mol. The van der Waals surface area contributed by atoms with Crippen LogP contribution in [0.1, 0.15) is 129 Å². The van der Waals surface area contributed by atoms with Crippen LogP contribution >= 0.6 is 0 Å². The first-order valence-corrected chi connectivity index (χ1v) is 11.9. The van der Waals surface area contributed by atoms with Gasteiger partial charge in [-0.2, -0.15) is 0 Å². The fourth-order valence-electron chi connectivity index (χ4n) is 3.33. The molecule has 0 unspecified atom stereocenters. The van der Waals surface area contributed by atoms with Gasteiger partial charge in [0.2, 0.25) is 0 Å². The lowest BCUT2D eigenvalue weighted by molar-refractivity contribution is 0.0500. The molecule has 0 fully saturated rings. The Morgan fingerprint density at radius 1 is 0.538 bits per heavy atom. The third-order valence-electron chi connectivity index (χ3n) is 5.04. The van der Waals surface area contributed by atoms with Gasteiger partial charge in [0.15, 0.2) is 0 Å². The Bertz CT molecular complexity index is 265. The van der Waals surface area contributed by atoms with Gasteiger partial charge in [0.05, 0.1) is 6.61 Å². The number of allylic oxidation sites excluding steroid dienone is 2. The summed E-state index contributed by atoms with van der Waals surface area (Å²) in [6.45, 7) is 6.06. The average molecular weight is 368 g/mol. The first-order chi connectivity index (χ1) is 12.9. The summed E-state index contributed by atoms with van der Waals surface area (Å²) in [7, 11) is 0. The van der Waals surface area contributed by atoms with Gasteiger partial charge in [-0.25, -0.2) is 5.48 Å². The van der Waals surface area contributed by atoms with E-state index in [1.807, 2.05) is 6.92 Å². The van der Waals surface area contributed by atoms with Gasteiger partial charge < -0.3 is 4.84 Å². The molecule has 0 aromatic carbocycles. The van der Waals surface area contributed by atoms with Gasteiger partial charge in [-0.05, 0) is 39.0 Å². The van der Waals surface area contributed by atoms with Crippen molar-refractivity contribution in [2.24, 2.45) is 0 Å². The van der Waals surface area contributed by atoms with Crippen molar-refractivity contribution in [2.45, 2.75) is 129 Å². The monoisotopic (exact) mass is 367 g/mol. The van der Waals surface area contributed by atoms with E-state index in [1.165, 1.54) is 116 Å². The second-order valence-corrected chi connectivity index (χ2v) is 7.68. The van der Waals surface area contributed by atoms with Crippen LogP contribution in [0.2, 0.25) is 0 Å². The van der Waals surface area contributed by atoms with E-state index in [4.69, 9.17) is 4.84 Å². The Labute approximate surface area is 165 Å². The zero-order chi connectivity index (χ0) is 19.0. The van der Waals surface area contributed by atoms with E-state index in [2.05, 4.69) is 24.6 Å². The van der Waals surface area contributed by atoms with Crippen LogP contribution in [0, 0.1) is 0 Å². The molecule has 0 bridgehead atoms. The van der Waals surface area contributed by atoms with Gasteiger partial charge in [0.25, 0.3) is 0 Å². The number of hydrogen-bond donors (Lipinski definition) is 1. The molecule has 0 radical (unpaired) electrons. The van der Waals surface area contributed by atoms with Gasteiger partial charge >= 0.3 is 0 Å². The Kier molecular flexibility index (Phi) is 24.3. The van der Waals surface area contributed by atoms with Crippen LogP contribution in [0.25, 0.3) is 0 Å². The van der Waals surface area contributed by atoms with Crippen LogP contribution < -0.4 is 5.48 Å². The fraction of sp³-hybridized carbons (Fsp3) is 0.917. The lowest BCUT2D eigenvalue weighted by atomic mass is 10.1. The molecular weight excluding hydrogens is 318 g/mol. The Hall–Kier alpha value is -0.340. The average Bonchev–Trinajstić information content (AvgIpc) is 2.66. The van der Waals surface area contributed by atoms with E-state index < -0.39 is 0 Å². The molecule has 0 rings (SSSR count). The van der Waals surface area contributed by atoms with Crippen LogP contribution in [-0.4, -0.2) is 13.2 Å². The van der Waals surface area contributed by atoms with Crippen molar-refractivity contribution >= 4 is 0 Å². The number of hydroxylamine groups is 1. The fourth-order valence-corrected chi connectivity index (χ4v) is 3.33. The summed E-state index contributed by atoms with van der Waals surface area (Å²) in [5.41, 5.74) is 2.99. The summed E-state index contributed by atoms with van der Waals surface area (Å²) in [5, 5.41) is 0. The van der Waals surface area contributed by atoms with Crippen molar-refractivity contribution in [1.82, 2.24) is 5.48 Å². The van der Waals surface area contributed by atoms with Gasteiger partial charge in [-0.3, -0.25) is 0 Å². The molecule has 0 aliphatic heterocycles. The first kappa shape index (κ1) is 25.7. The quantitative estimate of drug-likeness (QED) is 0.118. The van der Waals surface area contributed by atoms with Crippen LogP contribution in [0.5, 0.6) is 0 Å². The standard InChI is InChI=1S/C24H49NO/c1-3-5-6-7-8-9-10-11-12-13-14-15-16-17-18-19-20-21-22-23-24-25-26-4-2/h11-12,25H,3-10,13-24H2,1-2H3/b12-11-. The molecule has 0 spiro atoms. The van der Waals surface area contributed by atoms with Gasteiger partial charge in [-0.15, -0.1) is 0 Å². The maximum atomic E-state index is 5.12. The molecule has 0 atom stereocenters. The molecule has 0 heterocycles. The largest absolute Gasteiger partial charge is 0.302 e. The zero-order valence-electron chi connectivity index (χ0n) is 18.2. The number of rotatable bonds is 22. The third kappa shape index (κ3) is 23.7. The summed E-state index contributed by atoms with van der Waals surface area (Å²) < 4.78 is 0. The topological polar surface area (TPSA) is 21.3 Å². The molecule has 0 aromatic rings. The van der Waals surface area contributed by atoms with Crippen molar-refractivity contribution in [1.29, 1.82) is 0 Å². The summed E-state index contributed by atoms with van der Waals surface area (Å²) >= 11 is 0. The molecule has 2 nitrogen and oxygen atoms in total. The highest BCUT2D eigenvalue weighted by Gasteiger charge is 1.93. The Balaban J connectivity index is 3.03. The van der Waals surface area contributed by atoms with Gasteiger partial charge in [0, 0.05) is 6.54 Å². The number of hydrogen-bond acceptors (Lipinski definition) is 2. The van der Waals surface area contributed by atoms with Crippen LogP contribution in [-0.2, 0) is 4.84 Å². The molecule has 0 amide bonds. The second-order valence-electron chi connectivity index (χ2n) is 7.68. The summed E-state index contributed by atoms with van der Waals surface area (Å²) in [6, 6.07) is 0. The zero-order valence-corrected chi connectivity index (χ0v) is 18.2. The lowest BCUT2D eigenvalue weighted by Crippen LogP contribution is -2.15.